The van der Waals surface area contributed by atoms with Crippen molar-refractivity contribution in [1.29, 1.82) is 0 Å². The van der Waals surface area contributed by atoms with Gasteiger partial charge in [-0.1, -0.05) is 85.8 Å². The summed E-state index contributed by atoms with van der Waals surface area (Å²) >= 11 is 0. The van der Waals surface area contributed by atoms with E-state index in [1.165, 1.54) is 0 Å². The van der Waals surface area contributed by atoms with E-state index >= 15 is 0 Å². The highest BCUT2D eigenvalue weighted by molar-refractivity contribution is 5.56. The SMILES string of the molecule is CCC(c1ccccc1O)c1ccccc1C(c1ccccc1O)c1ccccc1O. The van der Waals surface area contributed by atoms with Crippen LogP contribution in [0.25, 0.3) is 0 Å². The number of benzene rings is 4. The maximum absolute atomic E-state index is 10.7. The van der Waals surface area contributed by atoms with Crippen molar-refractivity contribution >= 4 is 0 Å². The van der Waals surface area contributed by atoms with Gasteiger partial charge in [-0.05, 0) is 35.7 Å². The van der Waals surface area contributed by atoms with E-state index in [0.717, 1.165) is 34.2 Å². The molecule has 1 atom stereocenters. The van der Waals surface area contributed by atoms with Gasteiger partial charge in [-0.15, -0.1) is 0 Å². The highest BCUT2D eigenvalue weighted by Gasteiger charge is 2.27. The van der Waals surface area contributed by atoms with E-state index in [0.29, 0.717) is 0 Å². The van der Waals surface area contributed by atoms with Crippen LogP contribution >= 0.6 is 0 Å². The quantitative estimate of drug-likeness (QED) is 0.317. The first-order valence-electron chi connectivity index (χ1n) is 10.5. The molecule has 3 N–H and O–H groups in total. The standard InChI is InChI=1S/C28H26O3/c1-2-19(21-12-5-8-16-25(21)29)20-11-3-4-13-22(20)28(23-14-6-9-17-26(23)30)24-15-7-10-18-27(24)31/h3-19,28-31H,2H2,1H3. The molecule has 0 aliphatic carbocycles. The molecule has 0 saturated heterocycles. The van der Waals surface area contributed by atoms with Gasteiger partial charge in [-0.2, -0.15) is 0 Å². The summed E-state index contributed by atoms with van der Waals surface area (Å²) in [7, 11) is 0. The molecule has 0 saturated carbocycles. The van der Waals surface area contributed by atoms with Crippen molar-refractivity contribution in [1.82, 2.24) is 0 Å². The molecule has 1 unspecified atom stereocenters. The fourth-order valence-electron chi connectivity index (χ4n) is 4.45. The van der Waals surface area contributed by atoms with Crippen LogP contribution in [-0.4, -0.2) is 15.3 Å². The normalized spacial score (nSPS) is 12.1. The van der Waals surface area contributed by atoms with Crippen LogP contribution in [0.3, 0.4) is 0 Å². The molecule has 4 aromatic carbocycles. The van der Waals surface area contributed by atoms with Crippen LogP contribution in [-0.2, 0) is 0 Å². The summed E-state index contributed by atoms with van der Waals surface area (Å²) in [5.74, 6) is 0.239. The number of hydrogen-bond donors (Lipinski definition) is 3. The molecule has 0 spiro atoms. The molecule has 0 bridgehead atoms. The predicted octanol–water partition coefficient (Wildman–Crippen LogP) is 6.53. The Morgan fingerprint density at radius 2 is 0.839 bits per heavy atom. The zero-order valence-corrected chi connectivity index (χ0v) is 17.4. The lowest BCUT2D eigenvalue weighted by atomic mass is 9.77. The second-order valence-electron chi connectivity index (χ2n) is 7.70. The second kappa shape index (κ2) is 8.97. The topological polar surface area (TPSA) is 60.7 Å². The van der Waals surface area contributed by atoms with Crippen molar-refractivity contribution in [3.05, 3.63) is 125 Å². The number of rotatable bonds is 6. The second-order valence-corrected chi connectivity index (χ2v) is 7.70. The van der Waals surface area contributed by atoms with E-state index in [-0.39, 0.29) is 29.1 Å². The van der Waals surface area contributed by atoms with Crippen LogP contribution < -0.4 is 0 Å². The first-order chi connectivity index (χ1) is 15.1. The number of para-hydroxylation sites is 3. The molecule has 31 heavy (non-hydrogen) atoms. The highest BCUT2D eigenvalue weighted by atomic mass is 16.3. The van der Waals surface area contributed by atoms with E-state index in [1.54, 1.807) is 30.3 Å². The minimum absolute atomic E-state index is 0.0309. The van der Waals surface area contributed by atoms with Crippen LogP contribution in [0.1, 0.15) is 53.0 Å². The third-order valence-corrected chi connectivity index (χ3v) is 5.90. The summed E-state index contributed by atoms with van der Waals surface area (Å²) in [6.45, 7) is 2.10. The fourth-order valence-corrected chi connectivity index (χ4v) is 4.45. The predicted molar refractivity (Wildman–Crippen MR) is 124 cm³/mol. The first kappa shape index (κ1) is 20.5. The molecule has 3 heteroatoms. The third-order valence-electron chi connectivity index (χ3n) is 5.90. The first-order valence-corrected chi connectivity index (χ1v) is 10.5. The van der Waals surface area contributed by atoms with Crippen LogP contribution in [0.2, 0.25) is 0 Å². The van der Waals surface area contributed by atoms with Gasteiger partial charge in [0.25, 0.3) is 0 Å². The lowest BCUT2D eigenvalue weighted by molar-refractivity contribution is 0.457. The summed E-state index contributed by atoms with van der Waals surface area (Å²) in [5, 5.41) is 32.0. The average Bonchev–Trinajstić information content (AvgIpc) is 2.79. The number of phenols is 3. The molecule has 4 aromatic rings. The van der Waals surface area contributed by atoms with E-state index in [4.69, 9.17) is 0 Å². The van der Waals surface area contributed by atoms with E-state index in [2.05, 4.69) is 13.0 Å². The largest absolute Gasteiger partial charge is 0.508 e. The van der Waals surface area contributed by atoms with E-state index < -0.39 is 0 Å². The summed E-state index contributed by atoms with van der Waals surface area (Å²) in [6, 6.07) is 30.0. The fraction of sp³-hybridized carbons (Fsp3) is 0.143. The van der Waals surface area contributed by atoms with Gasteiger partial charge in [0.05, 0.1) is 0 Å². The molecule has 0 amide bonds. The Hall–Kier alpha value is -3.72. The monoisotopic (exact) mass is 410 g/mol. The molecular formula is C28H26O3. The molecule has 4 rings (SSSR count). The van der Waals surface area contributed by atoms with Gasteiger partial charge < -0.3 is 15.3 Å². The molecule has 0 aromatic heterocycles. The molecule has 0 aliphatic rings. The molecule has 0 radical (unpaired) electrons. The number of hydrogen-bond acceptors (Lipinski definition) is 3. The van der Waals surface area contributed by atoms with Gasteiger partial charge in [0.1, 0.15) is 17.2 Å². The van der Waals surface area contributed by atoms with Crippen molar-refractivity contribution in [3.63, 3.8) is 0 Å². The van der Waals surface area contributed by atoms with Crippen molar-refractivity contribution in [2.24, 2.45) is 0 Å². The molecule has 156 valence electrons. The average molecular weight is 411 g/mol. The Bertz CT molecular complexity index is 1140. The number of aromatic hydroxyl groups is 3. The summed E-state index contributed by atoms with van der Waals surface area (Å²) in [5.41, 5.74) is 4.36. The molecule has 0 fully saturated rings. The Morgan fingerprint density at radius 3 is 1.26 bits per heavy atom. The molecular weight excluding hydrogens is 384 g/mol. The maximum Gasteiger partial charge on any atom is 0.119 e. The Kier molecular flexibility index (Phi) is 5.94. The third kappa shape index (κ3) is 3.99. The minimum Gasteiger partial charge on any atom is -0.508 e. The molecule has 0 heterocycles. The zero-order valence-electron chi connectivity index (χ0n) is 17.4. The maximum atomic E-state index is 10.7. The Balaban J connectivity index is 1.97. The van der Waals surface area contributed by atoms with Crippen LogP contribution in [0, 0.1) is 0 Å². The van der Waals surface area contributed by atoms with Crippen molar-refractivity contribution in [3.8, 4) is 17.2 Å². The summed E-state index contributed by atoms with van der Waals surface area (Å²) in [6.07, 6.45) is 0.794. The van der Waals surface area contributed by atoms with E-state index in [9.17, 15) is 15.3 Å². The molecule has 3 nitrogen and oxygen atoms in total. The van der Waals surface area contributed by atoms with Crippen LogP contribution in [0.15, 0.2) is 97.1 Å². The van der Waals surface area contributed by atoms with Gasteiger partial charge in [0.2, 0.25) is 0 Å². The van der Waals surface area contributed by atoms with Gasteiger partial charge in [-0.25, -0.2) is 0 Å². The Labute approximate surface area is 182 Å². The van der Waals surface area contributed by atoms with E-state index in [1.807, 2.05) is 60.7 Å². The Morgan fingerprint density at radius 1 is 0.484 bits per heavy atom. The van der Waals surface area contributed by atoms with Gasteiger partial charge >= 0.3 is 0 Å². The van der Waals surface area contributed by atoms with Crippen LogP contribution in [0.5, 0.6) is 17.2 Å². The summed E-state index contributed by atoms with van der Waals surface area (Å²) < 4.78 is 0. The molecule has 0 aliphatic heterocycles. The van der Waals surface area contributed by atoms with Crippen LogP contribution in [0.4, 0.5) is 0 Å². The minimum atomic E-state index is -0.362. The van der Waals surface area contributed by atoms with Gasteiger partial charge in [0.15, 0.2) is 0 Å². The summed E-state index contributed by atoms with van der Waals surface area (Å²) in [4.78, 5) is 0. The lowest BCUT2D eigenvalue weighted by Crippen LogP contribution is -2.11. The van der Waals surface area contributed by atoms with Crippen molar-refractivity contribution < 1.29 is 15.3 Å². The lowest BCUT2D eigenvalue weighted by Gasteiger charge is -2.27. The van der Waals surface area contributed by atoms with Crippen molar-refractivity contribution in [2.45, 2.75) is 25.2 Å². The van der Waals surface area contributed by atoms with Gasteiger partial charge in [0, 0.05) is 28.5 Å². The smallest absolute Gasteiger partial charge is 0.119 e. The van der Waals surface area contributed by atoms with Crippen molar-refractivity contribution in [2.75, 3.05) is 0 Å². The highest BCUT2D eigenvalue weighted by Crippen LogP contribution is 2.45. The number of phenolic OH excluding ortho intramolecular Hbond substituents is 3. The zero-order chi connectivity index (χ0) is 21.8. The van der Waals surface area contributed by atoms with Gasteiger partial charge in [-0.3, -0.25) is 0 Å².